The third-order valence-electron chi connectivity index (χ3n) is 2.74. The van der Waals surface area contributed by atoms with Crippen LogP contribution < -0.4 is 4.74 Å². The first-order valence-electron chi connectivity index (χ1n) is 6.05. The lowest BCUT2D eigenvalue weighted by Gasteiger charge is -2.10. The number of halogens is 4. The number of ether oxygens (including phenoxy) is 1. The topological polar surface area (TPSA) is 26.3 Å². The Hall–Kier alpha value is -1.10. The molecule has 0 radical (unpaired) electrons. The summed E-state index contributed by atoms with van der Waals surface area (Å²) >= 11 is 15.4. The highest BCUT2D eigenvalue weighted by Crippen LogP contribution is 2.33. The van der Waals surface area contributed by atoms with Gasteiger partial charge in [0.05, 0.1) is 16.7 Å². The van der Waals surface area contributed by atoms with Crippen molar-refractivity contribution < 1.29 is 13.9 Å². The monoisotopic (exact) mass is 390 g/mol. The van der Waals surface area contributed by atoms with Crippen LogP contribution in [0.4, 0.5) is 4.39 Å². The quantitative estimate of drug-likeness (QED) is 0.641. The third kappa shape index (κ3) is 3.57. The van der Waals surface area contributed by atoms with Crippen molar-refractivity contribution in [3.05, 3.63) is 61.8 Å². The molecule has 0 aliphatic rings. The summed E-state index contributed by atoms with van der Waals surface area (Å²) in [5.41, 5.74) is 0.538. The number of hydrogen-bond acceptors (Lipinski definition) is 2. The molecule has 0 aliphatic heterocycles. The molecule has 0 amide bonds. The van der Waals surface area contributed by atoms with Crippen LogP contribution in [-0.4, -0.2) is 12.4 Å². The van der Waals surface area contributed by atoms with Gasteiger partial charge in [-0.15, -0.1) is 0 Å². The van der Waals surface area contributed by atoms with Crippen molar-refractivity contribution in [1.82, 2.24) is 0 Å². The summed E-state index contributed by atoms with van der Waals surface area (Å²) in [6.07, 6.45) is 0. The maximum absolute atomic E-state index is 13.1. The number of carbonyl (C=O) groups is 1. The second-order valence-electron chi connectivity index (χ2n) is 4.15. The van der Waals surface area contributed by atoms with Gasteiger partial charge in [0.1, 0.15) is 11.6 Å². The molecule has 0 aromatic heterocycles. The minimum atomic E-state index is -0.436. The molecule has 2 nitrogen and oxygen atoms in total. The zero-order valence-corrected chi connectivity index (χ0v) is 14.0. The molecule has 0 aliphatic carbocycles. The van der Waals surface area contributed by atoms with Gasteiger partial charge < -0.3 is 4.74 Å². The van der Waals surface area contributed by atoms with Crippen LogP contribution in [0.2, 0.25) is 10.0 Å². The average Bonchev–Trinajstić information content (AvgIpc) is 2.42. The number of benzene rings is 2. The van der Waals surface area contributed by atoms with E-state index in [9.17, 15) is 9.18 Å². The largest absolute Gasteiger partial charge is 0.492 e. The zero-order valence-electron chi connectivity index (χ0n) is 10.9. The van der Waals surface area contributed by atoms with Crippen molar-refractivity contribution in [2.45, 2.75) is 6.92 Å². The van der Waals surface area contributed by atoms with Crippen LogP contribution in [0.3, 0.4) is 0 Å². The Morgan fingerprint density at radius 3 is 2.52 bits per heavy atom. The van der Waals surface area contributed by atoms with Gasteiger partial charge in [-0.1, -0.05) is 23.2 Å². The molecule has 0 bridgehead atoms. The van der Waals surface area contributed by atoms with Gasteiger partial charge in [0, 0.05) is 21.7 Å². The number of carbonyl (C=O) groups excluding carboxylic acids is 1. The molecule has 2 rings (SSSR count). The van der Waals surface area contributed by atoms with E-state index in [1.165, 1.54) is 30.3 Å². The van der Waals surface area contributed by atoms with Gasteiger partial charge in [0.2, 0.25) is 0 Å². The standard InChI is InChI=1S/C15H10BrCl2FO2/c1-2-21-14-7-12(17)10(6-13(14)18)15(20)9-4-3-8(19)5-11(9)16/h3-7H,2H2,1H3. The molecule has 2 aromatic rings. The van der Waals surface area contributed by atoms with E-state index in [2.05, 4.69) is 15.9 Å². The first-order chi connectivity index (χ1) is 9.93. The fourth-order valence-electron chi connectivity index (χ4n) is 1.79. The Labute approximate surface area is 139 Å². The van der Waals surface area contributed by atoms with Crippen LogP contribution in [0.15, 0.2) is 34.8 Å². The van der Waals surface area contributed by atoms with Crippen LogP contribution in [0.25, 0.3) is 0 Å². The van der Waals surface area contributed by atoms with Crippen LogP contribution in [0, 0.1) is 5.82 Å². The molecule has 21 heavy (non-hydrogen) atoms. The van der Waals surface area contributed by atoms with Crippen LogP contribution in [-0.2, 0) is 0 Å². The summed E-state index contributed by atoms with van der Waals surface area (Å²) in [5, 5.41) is 0.520. The zero-order chi connectivity index (χ0) is 15.6. The van der Waals surface area contributed by atoms with E-state index in [0.29, 0.717) is 27.4 Å². The van der Waals surface area contributed by atoms with Gasteiger partial charge in [-0.25, -0.2) is 4.39 Å². The molecule has 0 atom stereocenters. The van der Waals surface area contributed by atoms with Crippen molar-refractivity contribution in [1.29, 1.82) is 0 Å². The molecule has 110 valence electrons. The van der Waals surface area contributed by atoms with Crippen molar-refractivity contribution in [3.8, 4) is 5.75 Å². The fourth-order valence-corrected chi connectivity index (χ4v) is 2.78. The predicted molar refractivity (Wildman–Crippen MR) is 85.2 cm³/mol. The highest BCUT2D eigenvalue weighted by atomic mass is 79.9. The molecule has 0 unspecified atom stereocenters. The molecule has 0 heterocycles. The molecule has 0 saturated carbocycles. The summed E-state index contributed by atoms with van der Waals surface area (Å²) in [6.45, 7) is 2.26. The summed E-state index contributed by atoms with van der Waals surface area (Å²) in [7, 11) is 0. The summed E-state index contributed by atoms with van der Waals surface area (Å²) in [6, 6.07) is 6.77. The number of ketones is 1. The summed E-state index contributed by atoms with van der Waals surface area (Å²) in [5.74, 6) is -0.370. The highest BCUT2D eigenvalue weighted by molar-refractivity contribution is 9.10. The van der Waals surface area contributed by atoms with Crippen molar-refractivity contribution >= 4 is 44.9 Å². The lowest BCUT2D eigenvalue weighted by molar-refractivity contribution is 0.103. The van der Waals surface area contributed by atoms with E-state index in [1.807, 2.05) is 6.92 Å². The fraction of sp³-hybridized carbons (Fsp3) is 0.133. The molecule has 2 aromatic carbocycles. The maximum atomic E-state index is 13.1. The minimum Gasteiger partial charge on any atom is -0.492 e. The van der Waals surface area contributed by atoms with Gasteiger partial charge in [-0.2, -0.15) is 0 Å². The molecule has 0 spiro atoms. The Bertz CT molecular complexity index is 704. The molecule has 0 saturated heterocycles. The Balaban J connectivity index is 2.46. The normalized spacial score (nSPS) is 10.5. The minimum absolute atomic E-state index is 0.226. The van der Waals surface area contributed by atoms with E-state index >= 15 is 0 Å². The Morgan fingerprint density at radius 1 is 1.19 bits per heavy atom. The third-order valence-corrected chi connectivity index (χ3v) is 4.01. The smallest absolute Gasteiger partial charge is 0.195 e. The SMILES string of the molecule is CCOc1cc(Cl)c(C(=O)c2ccc(F)cc2Br)cc1Cl. The first-order valence-corrected chi connectivity index (χ1v) is 7.60. The second kappa shape index (κ2) is 6.77. The summed E-state index contributed by atoms with van der Waals surface area (Å²) < 4.78 is 18.8. The number of rotatable bonds is 4. The van der Waals surface area contributed by atoms with Crippen LogP contribution in [0.5, 0.6) is 5.75 Å². The van der Waals surface area contributed by atoms with Gasteiger partial charge in [-0.3, -0.25) is 4.79 Å². The van der Waals surface area contributed by atoms with Gasteiger partial charge in [0.15, 0.2) is 5.78 Å². The molecular weight excluding hydrogens is 382 g/mol. The average molecular weight is 392 g/mol. The van der Waals surface area contributed by atoms with Crippen LogP contribution in [0.1, 0.15) is 22.8 Å². The van der Waals surface area contributed by atoms with Crippen molar-refractivity contribution in [2.75, 3.05) is 6.61 Å². The first kappa shape index (κ1) is 16.3. The van der Waals surface area contributed by atoms with Crippen molar-refractivity contribution in [2.24, 2.45) is 0 Å². The Kier molecular flexibility index (Phi) is 5.25. The lowest BCUT2D eigenvalue weighted by atomic mass is 10.0. The molecule has 0 fully saturated rings. The van der Waals surface area contributed by atoms with E-state index < -0.39 is 5.82 Å². The van der Waals surface area contributed by atoms with E-state index in [-0.39, 0.29) is 16.4 Å². The predicted octanol–water partition coefficient (Wildman–Crippen LogP) is 5.52. The van der Waals surface area contributed by atoms with E-state index in [1.54, 1.807) is 0 Å². The number of hydrogen-bond donors (Lipinski definition) is 0. The maximum Gasteiger partial charge on any atom is 0.195 e. The van der Waals surface area contributed by atoms with Crippen molar-refractivity contribution in [3.63, 3.8) is 0 Å². The molecule has 6 heteroatoms. The van der Waals surface area contributed by atoms with Gasteiger partial charge >= 0.3 is 0 Å². The highest BCUT2D eigenvalue weighted by Gasteiger charge is 2.18. The molecule has 0 N–H and O–H groups in total. The van der Waals surface area contributed by atoms with Crippen LogP contribution >= 0.6 is 39.1 Å². The second-order valence-corrected chi connectivity index (χ2v) is 5.82. The molecular formula is C15H10BrCl2FO2. The lowest BCUT2D eigenvalue weighted by Crippen LogP contribution is -2.04. The Morgan fingerprint density at radius 2 is 1.90 bits per heavy atom. The van der Waals surface area contributed by atoms with E-state index in [0.717, 1.165) is 0 Å². The van der Waals surface area contributed by atoms with Gasteiger partial charge in [-0.05, 0) is 47.1 Å². The summed E-state index contributed by atoms with van der Waals surface area (Å²) in [4.78, 5) is 12.5. The van der Waals surface area contributed by atoms with E-state index in [4.69, 9.17) is 27.9 Å². The van der Waals surface area contributed by atoms with Gasteiger partial charge in [0.25, 0.3) is 0 Å².